The molecule has 3 rings (SSSR count). The van der Waals surface area contributed by atoms with E-state index >= 15 is 0 Å². The highest BCUT2D eigenvalue weighted by Crippen LogP contribution is 2.23. The van der Waals surface area contributed by atoms with Gasteiger partial charge in [0.05, 0.1) is 16.6 Å². The van der Waals surface area contributed by atoms with Crippen molar-refractivity contribution < 1.29 is 9.59 Å². The van der Waals surface area contributed by atoms with Gasteiger partial charge in [0.1, 0.15) is 6.04 Å². The number of carbonyl (C=O) groups is 2. The molecule has 0 aliphatic carbocycles. The monoisotopic (exact) mass is 402 g/mol. The topological polar surface area (TPSA) is 65.0 Å². The molecule has 0 spiro atoms. The SMILES string of the molecule is C=CCN(Cc1ccc(Cl)s1)C(=O)C1=NC(C)C(=O)N(c2ccccc2)N1. The molecule has 2 aromatic rings. The second kappa shape index (κ2) is 8.37. The van der Waals surface area contributed by atoms with Crippen molar-refractivity contribution in [2.24, 2.45) is 4.99 Å². The Kier molecular flexibility index (Phi) is 5.93. The van der Waals surface area contributed by atoms with Gasteiger partial charge in [0.2, 0.25) is 5.84 Å². The zero-order chi connectivity index (χ0) is 19.4. The first-order chi connectivity index (χ1) is 13.0. The zero-order valence-corrected chi connectivity index (χ0v) is 16.3. The predicted molar refractivity (Wildman–Crippen MR) is 109 cm³/mol. The minimum atomic E-state index is -0.660. The summed E-state index contributed by atoms with van der Waals surface area (Å²) in [6, 6.07) is 12.1. The number of nitrogens with one attached hydrogen (secondary N) is 1. The predicted octanol–water partition coefficient (Wildman–Crippen LogP) is 3.25. The van der Waals surface area contributed by atoms with Crippen molar-refractivity contribution in [3.05, 3.63) is 64.3 Å². The van der Waals surface area contributed by atoms with E-state index in [4.69, 9.17) is 11.6 Å². The van der Waals surface area contributed by atoms with Crippen LogP contribution in [0.25, 0.3) is 0 Å². The number of aliphatic imine (C=N–C) groups is 1. The van der Waals surface area contributed by atoms with Crippen LogP contribution in [0.3, 0.4) is 0 Å². The molecule has 0 saturated heterocycles. The van der Waals surface area contributed by atoms with E-state index in [1.807, 2.05) is 24.3 Å². The van der Waals surface area contributed by atoms with Gasteiger partial charge in [0, 0.05) is 11.4 Å². The summed E-state index contributed by atoms with van der Waals surface area (Å²) in [6.45, 7) is 6.13. The lowest BCUT2D eigenvalue weighted by Gasteiger charge is -2.32. The fourth-order valence-corrected chi connectivity index (χ4v) is 3.75. The van der Waals surface area contributed by atoms with E-state index < -0.39 is 6.04 Å². The first-order valence-corrected chi connectivity index (χ1v) is 9.57. The van der Waals surface area contributed by atoms with Gasteiger partial charge >= 0.3 is 0 Å². The van der Waals surface area contributed by atoms with Crippen molar-refractivity contribution in [1.29, 1.82) is 0 Å². The van der Waals surface area contributed by atoms with Crippen molar-refractivity contribution in [1.82, 2.24) is 10.3 Å². The number of hydrazine groups is 1. The number of rotatable bonds is 6. The maximum atomic E-state index is 13.0. The Balaban J connectivity index is 1.83. The van der Waals surface area contributed by atoms with Gasteiger partial charge in [0.25, 0.3) is 11.8 Å². The van der Waals surface area contributed by atoms with Crippen LogP contribution in [-0.2, 0) is 16.1 Å². The van der Waals surface area contributed by atoms with Gasteiger partial charge in [-0.2, -0.15) is 0 Å². The van der Waals surface area contributed by atoms with Crippen LogP contribution in [0.1, 0.15) is 11.8 Å². The average Bonchev–Trinajstić information content (AvgIpc) is 3.08. The van der Waals surface area contributed by atoms with Crippen molar-refractivity contribution in [2.75, 3.05) is 11.6 Å². The number of amides is 2. The normalized spacial score (nSPS) is 16.5. The Bertz CT molecular complexity index is 881. The largest absolute Gasteiger partial charge is 0.327 e. The molecule has 1 atom stereocenters. The average molecular weight is 403 g/mol. The molecule has 27 heavy (non-hydrogen) atoms. The molecule has 1 aliphatic rings. The maximum Gasteiger partial charge on any atom is 0.291 e. The molecule has 8 heteroatoms. The summed E-state index contributed by atoms with van der Waals surface area (Å²) in [5.41, 5.74) is 3.51. The van der Waals surface area contributed by atoms with Crippen LogP contribution in [-0.4, -0.2) is 35.1 Å². The van der Waals surface area contributed by atoms with Gasteiger partial charge in [-0.15, -0.1) is 17.9 Å². The quantitative estimate of drug-likeness (QED) is 0.754. The summed E-state index contributed by atoms with van der Waals surface area (Å²) in [4.78, 5) is 32.3. The molecule has 1 unspecified atom stereocenters. The second-order valence-electron chi connectivity index (χ2n) is 5.95. The van der Waals surface area contributed by atoms with Gasteiger partial charge in [-0.25, -0.2) is 10.0 Å². The lowest BCUT2D eigenvalue weighted by Crippen LogP contribution is -2.58. The van der Waals surface area contributed by atoms with E-state index in [0.717, 1.165) is 4.88 Å². The molecule has 0 saturated carbocycles. The number of halogens is 1. The van der Waals surface area contributed by atoms with Crippen LogP contribution in [0.5, 0.6) is 0 Å². The Morgan fingerprint density at radius 3 is 2.74 bits per heavy atom. The minimum absolute atomic E-state index is 0.121. The van der Waals surface area contributed by atoms with E-state index in [1.54, 1.807) is 36.1 Å². The van der Waals surface area contributed by atoms with E-state index in [9.17, 15) is 9.59 Å². The molecule has 1 N–H and O–H groups in total. The Morgan fingerprint density at radius 1 is 1.37 bits per heavy atom. The standard InChI is InChI=1S/C19H19ClN4O2S/c1-3-11-23(12-15-9-10-16(20)27-15)19(26)17-21-13(2)18(25)24(22-17)14-7-5-4-6-8-14/h3-10,13H,1,11-12H2,2H3,(H,21,22). The Hall–Kier alpha value is -2.64. The molecule has 6 nitrogen and oxygen atoms in total. The van der Waals surface area contributed by atoms with E-state index in [-0.39, 0.29) is 17.6 Å². The van der Waals surface area contributed by atoms with Crippen LogP contribution >= 0.6 is 22.9 Å². The number of hydrogen-bond acceptors (Lipinski definition) is 5. The minimum Gasteiger partial charge on any atom is -0.327 e. The molecule has 1 aromatic carbocycles. The molecule has 0 bridgehead atoms. The number of hydrogen-bond donors (Lipinski definition) is 1. The summed E-state index contributed by atoms with van der Waals surface area (Å²) in [5.74, 6) is -0.409. The number of benzene rings is 1. The van der Waals surface area contributed by atoms with E-state index in [2.05, 4.69) is 17.0 Å². The van der Waals surface area contributed by atoms with Gasteiger partial charge in [0.15, 0.2) is 0 Å². The van der Waals surface area contributed by atoms with Gasteiger partial charge < -0.3 is 4.90 Å². The van der Waals surface area contributed by atoms with Crippen LogP contribution in [0.2, 0.25) is 4.34 Å². The van der Waals surface area contributed by atoms with Crippen molar-refractivity contribution >= 4 is 46.3 Å². The van der Waals surface area contributed by atoms with Gasteiger partial charge in [-0.1, -0.05) is 35.9 Å². The number of nitrogens with zero attached hydrogens (tertiary/aromatic N) is 3. The third-order valence-electron chi connectivity index (χ3n) is 3.95. The highest BCUT2D eigenvalue weighted by atomic mass is 35.5. The molecule has 0 radical (unpaired) electrons. The van der Waals surface area contributed by atoms with Gasteiger partial charge in [-0.3, -0.25) is 15.0 Å². The van der Waals surface area contributed by atoms with Crippen LogP contribution in [0, 0.1) is 0 Å². The summed E-state index contributed by atoms with van der Waals surface area (Å²) in [7, 11) is 0. The lowest BCUT2D eigenvalue weighted by atomic mass is 10.2. The molecule has 2 heterocycles. The van der Waals surface area contributed by atoms with Gasteiger partial charge in [-0.05, 0) is 31.2 Å². The fraction of sp³-hybridized carbons (Fsp3) is 0.211. The first kappa shape index (κ1) is 19.1. The molecular formula is C19H19ClN4O2S. The highest BCUT2D eigenvalue weighted by molar-refractivity contribution is 7.16. The zero-order valence-electron chi connectivity index (χ0n) is 14.8. The molecule has 1 aromatic heterocycles. The summed E-state index contributed by atoms with van der Waals surface area (Å²) in [5, 5.41) is 1.36. The summed E-state index contributed by atoms with van der Waals surface area (Å²) in [6.07, 6.45) is 1.65. The summed E-state index contributed by atoms with van der Waals surface area (Å²) < 4.78 is 0.665. The van der Waals surface area contributed by atoms with Crippen LogP contribution in [0.4, 0.5) is 5.69 Å². The molecule has 140 valence electrons. The maximum absolute atomic E-state index is 13.0. The number of para-hydroxylation sites is 1. The second-order valence-corrected chi connectivity index (χ2v) is 7.75. The molecule has 2 amide bonds. The smallest absolute Gasteiger partial charge is 0.291 e. The third kappa shape index (κ3) is 4.37. The lowest BCUT2D eigenvalue weighted by molar-refractivity contribution is -0.124. The Morgan fingerprint density at radius 2 is 2.11 bits per heavy atom. The number of amidine groups is 1. The van der Waals surface area contributed by atoms with E-state index in [0.29, 0.717) is 23.1 Å². The third-order valence-corrected chi connectivity index (χ3v) is 5.16. The fourth-order valence-electron chi connectivity index (χ4n) is 2.65. The molecular weight excluding hydrogens is 384 g/mol. The number of anilines is 1. The van der Waals surface area contributed by atoms with Crippen LogP contribution < -0.4 is 10.4 Å². The van der Waals surface area contributed by atoms with Crippen LogP contribution in [0.15, 0.2) is 60.1 Å². The molecule has 1 aliphatic heterocycles. The Labute approximate surface area is 166 Å². The first-order valence-electron chi connectivity index (χ1n) is 8.37. The summed E-state index contributed by atoms with van der Waals surface area (Å²) >= 11 is 7.40. The van der Waals surface area contributed by atoms with Crippen molar-refractivity contribution in [3.63, 3.8) is 0 Å². The molecule has 0 fully saturated rings. The van der Waals surface area contributed by atoms with Crippen molar-refractivity contribution in [2.45, 2.75) is 19.5 Å². The number of carbonyl (C=O) groups excluding carboxylic acids is 2. The van der Waals surface area contributed by atoms with E-state index in [1.165, 1.54) is 16.3 Å². The van der Waals surface area contributed by atoms with Crippen molar-refractivity contribution in [3.8, 4) is 0 Å². The number of thiophene rings is 1. The highest BCUT2D eigenvalue weighted by Gasteiger charge is 2.32.